The number of nitrogens with one attached hydrogen (secondary N) is 1. The molecule has 0 bridgehead atoms. The second kappa shape index (κ2) is 8.08. The Bertz CT molecular complexity index is 462. The molecule has 1 aromatic carbocycles. The van der Waals surface area contributed by atoms with Crippen molar-refractivity contribution in [2.75, 3.05) is 20.1 Å². The van der Waals surface area contributed by atoms with Gasteiger partial charge in [-0.25, -0.2) is 0 Å². The van der Waals surface area contributed by atoms with Crippen molar-refractivity contribution in [3.63, 3.8) is 0 Å². The first-order chi connectivity index (χ1) is 9.08. The van der Waals surface area contributed by atoms with Gasteiger partial charge in [-0.3, -0.25) is 4.79 Å². The number of hydrogen-bond donors (Lipinski definition) is 1. The van der Waals surface area contributed by atoms with E-state index in [-0.39, 0.29) is 24.2 Å². The van der Waals surface area contributed by atoms with Crippen LogP contribution in [-0.4, -0.2) is 30.9 Å². The number of carbonyl (C=O) groups excluding carboxylic acids is 1. The lowest BCUT2D eigenvalue weighted by Gasteiger charge is -2.27. The second-order valence-electron chi connectivity index (χ2n) is 4.97. The van der Waals surface area contributed by atoms with Crippen LogP contribution in [0.3, 0.4) is 0 Å². The molecule has 2 rings (SSSR count). The van der Waals surface area contributed by atoms with E-state index in [4.69, 9.17) is 23.2 Å². The van der Waals surface area contributed by atoms with Crippen molar-refractivity contribution in [3.05, 3.63) is 33.8 Å². The van der Waals surface area contributed by atoms with Crippen LogP contribution in [-0.2, 0) is 11.3 Å². The van der Waals surface area contributed by atoms with Gasteiger partial charge in [0, 0.05) is 19.5 Å². The molecule has 1 amide bonds. The first kappa shape index (κ1) is 17.6. The van der Waals surface area contributed by atoms with E-state index >= 15 is 0 Å². The van der Waals surface area contributed by atoms with Crippen LogP contribution in [0.2, 0.25) is 10.0 Å². The number of amides is 1. The van der Waals surface area contributed by atoms with E-state index in [9.17, 15) is 4.79 Å². The summed E-state index contributed by atoms with van der Waals surface area (Å²) in [7, 11) is 1.84. The fraction of sp³-hybridized carbons (Fsp3) is 0.500. The second-order valence-corrected chi connectivity index (χ2v) is 5.78. The van der Waals surface area contributed by atoms with Gasteiger partial charge in [-0.1, -0.05) is 29.3 Å². The number of piperidine rings is 1. The van der Waals surface area contributed by atoms with E-state index in [2.05, 4.69) is 5.32 Å². The van der Waals surface area contributed by atoms with Gasteiger partial charge in [0.15, 0.2) is 0 Å². The number of nitrogens with zero attached hydrogens (tertiary/aromatic N) is 1. The van der Waals surface area contributed by atoms with Crippen molar-refractivity contribution in [1.29, 1.82) is 0 Å². The molecule has 0 saturated carbocycles. The molecule has 0 aromatic heterocycles. The molecule has 112 valence electrons. The molecule has 0 spiro atoms. The van der Waals surface area contributed by atoms with Gasteiger partial charge in [0.25, 0.3) is 0 Å². The minimum Gasteiger partial charge on any atom is -0.341 e. The normalized spacial score (nSPS) is 15.6. The van der Waals surface area contributed by atoms with Crippen LogP contribution >= 0.6 is 35.6 Å². The monoisotopic (exact) mass is 336 g/mol. The summed E-state index contributed by atoms with van der Waals surface area (Å²) in [4.78, 5) is 14.1. The molecule has 6 heteroatoms. The van der Waals surface area contributed by atoms with Crippen LogP contribution in [0.15, 0.2) is 18.2 Å². The average molecular weight is 338 g/mol. The topological polar surface area (TPSA) is 32.3 Å². The molecule has 0 aliphatic carbocycles. The molecule has 0 atom stereocenters. The quantitative estimate of drug-likeness (QED) is 0.917. The molecule has 1 aliphatic rings. The molecule has 1 N–H and O–H groups in total. The Kier molecular flexibility index (Phi) is 7.10. The predicted molar refractivity (Wildman–Crippen MR) is 85.8 cm³/mol. The molecule has 1 heterocycles. The van der Waals surface area contributed by atoms with Gasteiger partial charge in [-0.2, -0.15) is 0 Å². The fourth-order valence-electron chi connectivity index (χ4n) is 2.37. The summed E-state index contributed by atoms with van der Waals surface area (Å²) in [5.74, 6) is 0.363. The first-order valence-corrected chi connectivity index (χ1v) is 7.23. The average Bonchev–Trinajstić information content (AvgIpc) is 2.43. The van der Waals surface area contributed by atoms with Crippen LogP contribution < -0.4 is 5.32 Å². The molecule has 1 aliphatic heterocycles. The van der Waals surface area contributed by atoms with Crippen molar-refractivity contribution in [2.45, 2.75) is 19.4 Å². The van der Waals surface area contributed by atoms with Gasteiger partial charge < -0.3 is 10.2 Å². The summed E-state index contributed by atoms with van der Waals surface area (Å²) in [5.41, 5.74) is 0.999. The van der Waals surface area contributed by atoms with Crippen molar-refractivity contribution in [2.24, 2.45) is 5.92 Å². The Morgan fingerprint density at radius 3 is 2.55 bits per heavy atom. The summed E-state index contributed by atoms with van der Waals surface area (Å²) in [6, 6.07) is 5.48. The molecule has 0 radical (unpaired) electrons. The first-order valence-electron chi connectivity index (χ1n) is 6.47. The Morgan fingerprint density at radius 2 is 1.95 bits per heavy atom. The Labute approximate surface area is 136 Å². The lowest BCUT2D eigenvalue weighted by atomic mass is 9.96. The summed E-state index contributed by atoms with van der Waals surface area (Å²) in [6.07, 6.45) is 1.84. The van der Waals surface area contributed by atoms with Crippen LogP contribution in [0.25, 0.3) is 0 Å². The van der Waals surface area contributed by atoms with Gasteiger partial charge in [0.05, 0.1) is 10.0 Å². The predicted octanol–water partition coefficient (Wildman–Crippen LogP) is 3.37. The third kappa shape index (κ3) is 4.52. The van der Waals surface area contributed by atoms with Gasteiger partial charge >= 0.3 is 0 Å². The van der Waals surface area contributed by atoms with Gasteiger partial charge in [0.1, 0.15) is 0 Å². The zero-order valence-electron chi connectivity index (χ0n) is 11.4. The molecular formula is C14H19Cl3N2O. The lowest BCUT2D eigenvalue weighted by Crippen LogP contribution is -2.38. The summed E-state index contributed by atoms with van der Waals surface area (Å²) >= 11 is 11.9. The highest BCUT2D eigenvalue weighted by Crippen LogP contribution is 2.23. The Balaban J connectivity index is 0.00000200. The zero-order valence-corrected chi connectivity index (χ0v) is 13.7. The van der Waals surface area contributed by atoms with Crippen molar-refractivity contribution >= 4 is 41.5 Å². The van der Waals surface area contributed by atoms with Crippen molar-refractivity contribution < 1.29 is 4.79 Å². The van der Waals surface area contributed by atoms with Gasteiger partial charge in [-0.15, -0.1) is 12.4 Å². The van der Waals surface area contributed by atoms with Gasteiger partial charge in [0.2, 0.25) is 5.91 Å². The highest BCUT2D eigenvalue weighted by molar-refractivity contribution is 6.42. The van der Waals surface area contributed by atoms with Crippen molar-refractivity contribution in [3.8, 4) is 0 Å². The van der Waals surface area contributed by atoms with E-state index in [1.807, 2.05) is 19.2 Å². The number of carbonyl (C=O) groups is 1. The summed E-state index contributed by atoms with van der Waals surface area (Å²) in [6.45, 7) is 2.42. The minimum absolute atomic E-state index is 0. The molecule has 20 heavy (non-hydrogen) atoms. The number of hydrogen-bond acceptors (Lipinski definition) is 2. The maximum absolute atomic E-state index is 12.3. The zero-order chi connectivity index (χ0) is 13.8. The Morgan fingerprint density at radius 1 is 1.30 bits per heavy atom. The number of halogens is 3. The number of benzene rings is 1. The van der Waals surface area contributed by atoms with Gasteiger partial charge in [-0.05, 0) is 43.6 Å². The van der Waals surface area contributed by atoms with E-state index in [0.717, 1.165) is 31.5 Å². The van der Waals surface area contributed by atoms with Crippen molar-refractivity contribution in [1.82, 2.24) is 10.2 Å². The van der Waals surface area contributed by atoms with Crippen LogP contribution in [0.5, 0.6) is 0 Å². The molecular weight excluding hydrogens is 319 g/mol. The highest BCUT2D eigenvalue weighted by Gasteiger charge is 2.23. The Hall–Kier alpha value is -0.480. The largest absolute Gasteiger partial charge is 0.341 e. The SMILES string of the molecule is CN(Cc1ccc(Cl)c(Cl)c1)C(=O)C1CCNCC1.Cl. The summed E-state index contributed by atoms with van der Waals surface area (Å²) in [5, 5.41) is 4.34. The number of rotatable bonds is 3. The molecule has 3 nitrogen and oxygen atoms in total. The minimum atomic E-state index is 0. The standard InChI is InChI=1S/C14H18Cl2N2O.ClH/c1-18(14(19)11-4-6-17-7-5-11)9-10-2-3-12(15)13(16)8-10;/h2-3,8,11,17H,4-7,9H2,1H3;1H. The van der Waals surface area contributed by atoms with E-state index in [0.29, 0.717) is 16.6 Å². The maximum atomic E-state index is 12.3. The third-order valence-electron chi connectivity index (χ3n) is 3.47. The molecule has 1 saturated heterocycles. The fourth-order valence-corrected chi connectivity index (χ4v) is 2.69. The lowest BCUT2D eigenvalue weighted by molar-refractivity contribution is -0.135. The molecule has 1 aromatic rings. The maximum Gasteiger partial charge on any atom is 0.225 e. The molecule has 0 unspecified atom stereocenters. The summed E-state index contributed by atoms with van der Waals surface area (Å²) < 4.78 is 0. The highest BCUT2D eigenvalue weighted by atomic mass is 35.5. The van der Waals surface area contributed by atoms with E-state index in [1.54, 1.807) is 11.0 Å². The third-order valence-corrected chi connectivity index (χ3v) is 4.21. The smallest absolute Gasteiger partial charge is 0.225 e. The van der Waals surface area contributed by atoms with Crippen LogP contribution in [0, 0.1) is 5.92 Å². The van der Waals surface area contributed by atoms with Crippen LogP contribution in [0.4, 0.5) is 0 Å². The molecule has 1 fully saturated rings. The van der Waals surface area contributed by atoms with E-state index < -0.39 is 0 Å². The van der Waals surface area contributed by atoms with E-state index in [1.165, 1.54) is 0 Å². The van der Waals surface area contributed by atoms with Crippen LogP contribution in [0.1, 0.15) is 18.4 Å².